The van der Waals surface area contributed by atoms with Gasteiger partial charge in [0.25, 0.3) is 0 Å². The van der Waals surface area contributed by atoms with Crippen molar-refractivity contribution in [2.75, 3.05) is 26.2 Å². The van der Waals surface area contributed by atoms with E-state index in [9.17, 15) is 4.39 Å². The van der Waals surface area contributed by atoms with Crippen LogP contribution in [0.3, 0.4) is 0 Å². The van der Waals surface area contributed by atoms with Crippen LogP contribution in [0.1, 0.15) is 31.2 Å². The molecule has 134 valence electrons. The summed E-state index contributed by atoms with van der Waals surface area (Å²) >= 11 is 0. The number of hydrogen-bond acceptors (Lipinski definition) is 2. The number of rotatable bonds is 8. The van der Waals surface area contributed by atoms with E-state index in [1.54, 1.807) is 12.1 Å². The van der Waals surface area contributed by atoms with Gasteiger partial charge in [0.05, 0.1) is 6.61 Å². The lowest BCUT2D eigenvalue weighted by molar-refractivity contribution is 0.177. The Balaban J connectivity index is 1.27. The Kier molecular flexibility index (Phi) is 6.87. The maximum absolute atomic E-state index is 13.1. The molecule has 0 saturated carbocycles. The first kappa shape index (κ1) is 17.9. The van der Waals surface area contributed by atoms with Crippen molar-refractivity contribution in [2.24, 2.45) is 5.92 Å². The molecule has 0 spiro atoms. The molecular formula is C22H28FNO. The van der Waals surface area contributed by atoms with Gasteiger partial charge in [-0.25, -0.2) is 4.39 Å². The lowest BCUT2D eigenvalue weighted by atomic mass is 9.90. The molecule has 1 saturated heterocycles. The normalized spacial score (nSPS) is 16.0. The minimum Gasteiger partial charge on any atom is -0.493 e. The quantitative estimate of drug-likeness (QED) is 0.631. The van der Waals surface area contributed by atoms with Gasteiger partial charge >= 0.3 is 0 Å². The van der Waals surface area contributed by atoms with Crippen LogP contribution in [0.4, 0.5) is 4.39 Å². The zero-order valence-electron chi connectivity index (χ0n) is 14.9. The topological polar surface area (TPSA) is 12.5 Å². The molecule has 1 heterocycles. The Morgan fingerprint density at radius 1 is 0.960 bits per heavy atom. The van der Waals surface area contributed by atoms with Crippen LogP contribution in [0.15, 0.2) is 54.6 Å². The van der Waals surface area contributed by atoms with Crippen LogP contribution in [-0.2, 0) is 6.42 Å². The molecule has 0 aromatic heterocycles. The first-order valence-corrected chi connectivity index (χ1v) is 9.44. The van der Waals surface area contributed by atoms with E-state index >= 15 is 0 Å². The van der Waals surface area contributed by atoms with Crippen molar-refractivity contribution in [3.63, 3.8) is 0 Å². The minimum atomic E-state index is -0.240. The molecule has 0 radical (unpaired) electrons. The standard InChI is InChI=1S/C22H28FNO/c23-21-9-6-10-22(18-21)25-16-5-4-13-24-14-11-20(12-15-24)17-19-7-2-1-3-8-19/h1-3,6-10,18,20H,4-5,11-17H2. The monoisotopic (exact) mass is 341 g/mol. The molecule has 0 atom stereocenters. The average Bonchev–Trinajstić information content (AvgIpc) is 2.64. The number of halogens is 1. The van der Waals surface area contributed by atoms with Gasteiger partial charge in [0.2, 0.25) is 0 Å². The van der Waals surface area contributed by atoms with E-state index in [2.05, 4.69) is 35.2 Å². The Morgan fingerprint density at radius 3 is 2.52 bits per heavy atom. The van der Waals surface area contributed by atoms with Crippen LogP contribution in [0, 0.1) is 11.7 Å². The van der Waals surface area contributed by atoms with Gasteiger partial charge in [-0.15, -0.1) is 0 Å². The van der Waals surface area contributed by atoms with Crippen molar-refractivity contribution in [3.05, 3.63) is 66.0 Å². The molecule has 0 aliphatic carbocycles. The van der Waals surface area contributed by atoms with Gasteiger partial charge < -0.3 is 9.64 Å². The van der Waals surface area contributed by atoms with Crippen LogP contribution in [0.5, 0.6) is 5.75 Å². The molecule has 2 aromatic carbocycles. The molecule has 0 N–H and O–H groups in total. The fraction of sp³-hybridized carbons (Fsp3) is 0.455. The number of hydrogen-bond donors (Lipinski definition) is 0. The van der Waals surface area contributed by atoms with E-state index in [4.69, 9.17) is 4.74 Å². The van der Waals surface area contributed by atoms with Crippen LogP contribution in [0.25, 0.3) is 0 Å². The van der Waals surface area contributed by atoms with Crippen molar-refractivity contribution in [2.45, 2.75) is 32.1 Å². The summed E-state index contributed by atoms with van der Waals surface area (Å²) in [6.45, 7) is 4.23. The lowest BCUT2D eigenvalue weighted by Gasteiger charge is -2.32. The van der Waals surface area contributed by atoms with E-state index in [0.717, 1.165) is 25.3 Å². The number of ether oxygens (including phenoxy) is 1. The predicted molar refractivity (Wildman–Crippen MR) is 100 cm³/mol. The third-order valence-corrected chi connectivity index (χ3v) is 5.01. The lowest BCUT2D eigenvalue weighted by Crippen LogP contribution is -2.35. The van der Waals surface area contributed by atoms with E-state index < -0.39 is 0 Å². The Bertz CT molecular complexity index is 623. The van der Waals surface area contributed by atoms with Crippen LogP contribution < -0.4 is 4.74 Å². The molecule has 25 heavy (non-hydrogen) atoms. The summed E-state index contributed by atoms with van der Waals surface area (Å²) < 4.78 is 18.7. The average molecular weight is 341 g/mol. The van der Waals surface area contributed by atoms with Gasteiger partial charge in [-0.2, -0.15) is 0 Å². The van der Waals surface area contributed by atoms with Gasteiger partial charge in [0.15, 0.2) is 0 Å². The van der Waals surface area contributed by atoms with E-state index in [1.807, 2.05) is 0 Å². The van der Waals surface area contributed by atoms with Crippen molar-refractivity contribution >= 4 is 0 Å². The number of piperidine rings is 1. The molecule has 2 nitrogen and oxygen atoms in total. The first-order valence-electron chi connectivity index (χ1n) is 9.44. The summed E-state index contributed by atoms with van der Waals surface area (Å²) in [7, 11) is 0. The minimum absolute atomic E-state index is 0.240. The van der Waals surface area contributed by atoms with Crippen molar-refractivity contribution < 1.29 is 9.13 Å². The van der Waals surface area contributed by atoms with Crippen LogP contribution in [-0.4, -0.2) is 31.1 Å². The third kappa shape index (κ3) is 6.17. The molecule has 1 fully saturated rings. The SMILES string of the molecule is Fc1cccc(OCCCCN2CCC(Cc3ccccc3)CC2)c1. The van der Waals surface area contributed by atoms with Gasteiger partial charge in [-0.3, -0.25) is 0 Å². The second-order valence-electron chi connectivity index (χ2n) is 6.99. The molecule has 2 aromatic rings. The smallest absolute Gasteiger partial charge is 0.126 e. The van der Waals surface area contributed by atoms with Crippen molar-refractivity contribution in [1.82, 2.24) is 4.90 Å². The second-order valence-corrected chi connectivity index (χ2v) is 6.99. The number of likely N-dealkylation sites (tertiary alicyclic amines) is 1. The Hall–Kier alpha value is -1.87. The van der Waals surface area contributed by atoms with E-state index in [0.29, 0.717) is 12.4 Å². The molecule has 3 heteroatoms. The highest BCUT2D eigenvalue weighted by molar-refractivity contribution is 5.22. The van der Waals surface area contributed by atoms with Gasteiger partial charge in [0.1, 0.15) is 11.6 Å². The highest BCUT2D eigenvalue weighted by atomic mass is 19.1. The zero-order valence-corrected chi connectivity index (χ0v) is 14.9. The third-order valence-electron chi connectivity index (χ3n) is 5.01. The number of nitrogens with zero attached hydrogens (tertiary/aromatic N) is 1. The summed E-state index contributed by atoms with van der Waals surface area (Å²) in [4.78, 5) is 2.57. The largest absolute Gasteiger partial charge is 0.493 e. The molecule has 1 aliphatic heterocycles. The first-order chi connectivity index (χ1) is 12.3. The number of benzene rings is 2. The highest BCUT2D eigenvalue weighted by Crippen LogP contribution is 2.22. The summed E-state index contributed by atoms with van der Waals surface area (Å²) in [6, 6.07) is 17.2. The van der Waals surface area contributed by atoms with Gasteiger partial charge in [0, 0.05) is 6.07 Å². The fourth-order valence-electron chi connectivity index (χ4n) is 3.55. The van der Waals surface area contributed by atoms with Gasteiger partial charge in [-0.05, 0) is 75.4 Å². The van der Waals surface area contributed by atoms with Crippen LogP contribution in [0.2, 0.25) is 0 Å². The highest BCUT2D eigenvalue weighted by Gasteiger charge is 2.18. The van der Waals surface area contributed by atoms with Crippen LogP contribution >= 0.6 is 0 Å². The van der Waals surface area contributed by atoms with E-state index in [1.165, 1.54) is 50.0 Å². The Morgan fingerprint density at radius 2 is 1.76 bits per heavy atom. The van der Waals surface area contributed by atoms with Crippen molar-refractivity contribution in [3.8, 4) is 5.75 Å². The summed E-state index contributed by atoms with van der Waals surface area (Å²) in [6.07, 6.45) is 5.97. The molecule has 0 amide bonds. The maximum Gasteiger partial charge on any atom is 0.126 e. The summed E-state index contributed by atoms with van der Waals surface area (Å²) in [5.41, 5.74) is 1.47. The van der Waals surface area contributed by atoms with E-state index in [-0.39, 0.29) is 5.82 Å². The fourth-order valence-corrected chi connectivity index (χ4v) is 3.55. The molecular weight excluding hydrogens is 313 g/mol. The predicted octanol–water partition coefficient (Wildman–Crippen LogP) is 4.94. The summed E-state index contributed by atoms with van der Waals surface area (Å²) in [5.74, 6) is 1.22. The number of unbranched alkanes of at least 4 members (excludes halogenated alkanes) is 1. The molecule has 3 rings (SSSR count). The summed E-state index contributed by atoms with van der Waals surface area (Å²) in [5, 5.41) is 0. The van der Waals surface area contributed by atoms with Crippen molar-refractivity contribution in [1.29, 1.82) is 0 Å². The van der Waals surface area contributed by atoms with Gasteiger partial charge in [-0.1, -0.05) is 36.4 Å². The zero-order chi connectivity index (χ0) is 17.3. The Labute approximate surface area is 150 Å². The second kappa shape index (κ2) is 9.57. The maximum atomic E-state index is 13.1. The molecule has 0 bridgehead atoms. The molecule has 0 unspecified atom stereocenters. The molecule has 1 aliphatic rings.